The lowest BCUT2D eigenvalue weighted by atomic mass is 10.0. The number of carboxylic acids is 1. The maximum absolute atomic E-state index is 13.2. The second-order valence-corrected chi connectivity index (χ2v) is 6.85. The van der Waals surface area contributed by atoms with Crippen LogP contribution in [0.5, 0.6) is 0 Å². The van der Waals surface area contributed by atoms with E-state index in [4.69, 9.17) is 9.63 Å². The maximum atomic E-state index is 13.2. The van der Waals surface area contributed by atoms with Crippen LogP contribution >= 0.6 is 0 Å². The molecule has 7 heteroatoms. The molecule has 0 bridgehead atoms. The summed E-state index contributed by atoms with van der Waals surface area (Å²) in [7, 11) is 0. The molecule has 134 valence electrons. The smallest absolute Gasteiger partial charge is 0.323 e. The fourth-order valence-electron chi connectivity index (χ4n) is 2.98. The Kier molecular flexibility index (Phi) is 4.74. The average Bonchev–Trinajstić information content (AvgIpc) is 3.33. The molecule has 2 aromatic heterocycles. The van der Waals surface area contributed by atoms with Crippen LogP contribution in [0.4, 0.5) is 0 Å². The van der Waals surface area contributed by atoms with Gasteiger partial charge in [0.05, 0.1) is 16.6 Å². The van der Waals surface area contributed by atoms with E-state index in [1.54, 1.807) is 6.07 Å². The molecular formula is C18H23N3O4. The second-order valence-electron chi connectivity index (χ2n) is 6.85. The van der Waals surface area contributed by atoms with Gasteiger partial charge in [0.1, 0.15) is 6.54 Å². The van der Waals surface area contributed by atoms with Crippen LogP contribution in [0.1, 0.15) is 67.7 Å². The highest BCUT2D eigenvalue weighted by Crippen LogP contribution is 2.40. The highest BCUT2D eigenvalue weighted by molar-refractivity contribution is 6.07. The number of carbonyl (C=O) groups is 2. The van der Waals surface area contributed by atoms with Gasteiger partial charge < -0.3 is 14.5 Å². The van der Waals surface area contributed by atoms with Crippen LogP contribution in [0.25, 0.3) is 11.1 Å². The number of rotatable bonds is 7. The Morgan fingerprint density at radius 3 is 2.68 bits per heavy atom. The number of nitrogens with zero attached hydrogens (tertiary/aromatic N) is 3. The summed E-state index contributed by atoms with van der Waals surface area (Å²) in [6.45, 7) is 5.30. The van der Waals surface area contributed by atoms with E-state index in [0.717, 1.165) is 25.0 Å². The van der Waals surface area contributed by atoms with Gasteiger partial charge in [-0.25, -0.2) is 4.98 Å². The Balaban J connectivity index is 2.12. The van der Waals surface area contributed by atoms with E-state index in [2.05, 4.69) is 10.1 Å². The molecule has 1 aliphatic carbocycles. The molecule has 2 aromatic rings. The number of hydrogen-bond donors (Lipinski definition) is 1. The average molecular weight is 345 g/mol. The van der Waals surface area contributed by atoms with E-state index in [0.29, 0.717) is 34.7 Å². The molecule has 1 saturated carbocycles. The monoisotopic (exact) mass is 345 g/mol. The zero-order valence-electron chi connectivity index (χ0n) is 14.8. The Hall–Kier alpha value is -2.44. The third-order valence-corrected chi connectivity index (χ3v) is 4.44. The number of aryl methyl sites for hydroxylation is 1. The molecule has 1 fully saturated rings. The number of amides is 1. The van der Waals surface area contributed by atoms with Gasteiger partial charge >= 0.3 is 5.97 Å². The third kappa shape index (κ3) is 3.50. The van der Waals surface area contributed by atoms with Gasteiger partial charge in [0.2, 0.25) is 0 Å². The van der Waals surface area contributed by atoms with Crippen molar-refractivity contribution in [1.29, 1.82) is 0 Å². The zero-order valence-corrected chi connectivity index (χ0v) is 14.8. The van der Waals surface area contributed by atoms with Crippen molar-refractivity contribution in [3.8, 4) is 0 Å². The number of aromatic nitrogens is 2. The van der Waals surface area contributed by atoms with Crippen LogP contribution in [0.3, 0.4) is 0 Å². The van der Waals surface area contributed by atoms with Crippen molar-refractivity contribution >= 4 is 23.0 Å². The van der Waals surface area contributed by atoms with Crippen molar-refractivity contribution in [1.82, 2.24) is 15.0 Å². The van der Waals surface area contributed by atoms with E-state index in [9.17, 15) is 9.59 Å². The zero-order chi connectivity index (χ0) is 18.1. The number of carboxylic acid groups (broad SMARTS) is 1. The summed E-state index contributed by atoms with van der Waals surface area (Å²) in [5.41, 5.74) is 2.35. The minimum Gasteiger partial charge on any atom is -0.480 e. The molecule has 7 nitrogen and oxygen atoms in total. The van der Waals surface area contributed by atoms with Gasteiger partial charge in [-0.1, -0.05) is 18.5 Å². The topological polar surface area (TPSA) is 96.5 Å². The Labute approximate surface area is 146 Å². The quantitative estimate of drug-likeness (QED) is 0.828. The van der Waals surface area contributed by atoms with Crippen molar-refractivity contribution in [2.45, 2.75) is 58.4 Å². The van der Waals surface area contributed by atoms with Crippen molar-refractivity contribution in [2.75, 3.05) is 6.54 Å². The molecule has 0 aromatic carbocycles. The largest absolute Gasteiger partial charge is 0.480 e. The van der Waals surface area contributed by atoms with Crippen molar-refractivity contribution < 1.29 is 19.2 Å². The van der Waals surface area contributed by atoms with Gasteiger partial charge in [-0.15, -0.1) is 0 Å². The summed E-state index contributed by atoms with van der Waals surface area (Å²) in [5, 5.41) is 13.9. The fraction of sp³-hybridized carbons (Fsp3) is 0.556. The first kappa shape index (κ1) is 17.4. The molecule has 25 heavy (non-hydrogen) atoms. The van der Waals surface area contributed by atoms with E-state index in [-0.39, 0.29) is 18.5 Å². The molecule has 0 saturated heterocycles. The highest BCUT2D eigenvalue weighted by atomic mass is 16.5. The molecule has 0 spiro atoms. The number of hydrogen-bond acceptors (Lipinski definition) is 5. The van der Waals surface area contributed by atoms with Crippen LogP contribution in [-0.4, -0.2) is 44.6 Å². The number of carbonyl (C=O) groups excluding carboxylic acids is 1. The first-order chi connectivity index (χ1) is 11.9. The van der Waals surface area contributed by atoms with Crippen molar-refractivity contribution in [2.24, 2.45) is 0 Å². The SMILES string of the molecule is CCCc1noc2nc(C3CC3)cc(C(=O)N(CC(=O)O)C(C)C)c12. The van der Waals surface area contributed by atoms with E-state index in [1.807, 2.05) is 20.8 Å². The van der Waals surface area contributed by atoms with Gasteiger partial charge in [0.25, 0.3) is 11.6 Å². The minimum absolute atomic E-state index is 0.231. The normalized spacial score (nSPS) is 14.2. The summed E-state index contributed by atoms with van der Waals surface area (Å²) in [6.07, 6.45) is 3.64. The Bertz CT molecular complexity index is 808. The van der Waals surface area contributed by atoms with Crippen molar-refractivity contribution in [3.05, 3.63) is 23.0 Å². The molecular weight excluding hydrogens is 322 g/mol. The van der Waals surface area contributed by atoms with Gasteiger partial charge in [-0.3, -0.25) is 9.59 Å². The molecule has 0 aliphatic heterocycles. The van der Waals surface area contributed by atoms with Crippen LogP contribution in [0.2, 0.25) is 0 Å². The van der Waals surface area contributed by atoms with Crippen molar-refractivity contribution in [3.63, 3.8) is 0 Å². The molecule has 1 N–H and O–H groups in total. The number of aliphatic carboxylic acids is 1. The lowest BCUT2D eigenvalue weighted by Gasteiger charge is -2.25. The summed E-state index contributed by atoms with van der Waals surface area (Å²) >= 11 is 0. The molecule has 0 radical (unpaired) electrons. The maximum Gasteiger partial charge on any atom is 0.323 e. The van der Waals surface area contributed by atoms with Gasteiger partial charge in [0, 0.05) is 17.7 Å². The Morgan fingerprint density at radius 1 is 1.40 bits per heavy atom. The van der Waals surface area contributed by atoms with Crippen LogP contribution in [0, 0.1) is 0 Å². The molecule has 2 heterocycles. The lowest BCUT2D eigenvalue weighted by molar-refractivity contribution is -0.138. The summed E-state index contributed by atoms with van der Waals surface area (Å²) in [6, 6.07) is 1.57. The lowest BCUT2D eigenvalue weighted by Crippen LogP contribution is -2.40. The molecule has 0 atom stereocenters. The predicted octanol–water partition coefficient (Wildman–Crippen LogP) is 2.99. The molecule has 1 aliphatic rings. The summed E-state index contributed by atoms with van der Waals surface area (Å²) < 4.78 is 5.38. The molecule has 3 rings (SSSR count). The molecule has 0 unspecified atom stereocenters. The Morgan fingerprint density at radius 2 is 2.12 bits per heavy atom. The van der Waals surface area contributed by atoms with Crippen LogP contribution < -0.4 is 0 Å². The van der Waals surface area contributed by atoms with Crippen LogP contribution in [-0.2, 0) is 11.2 Å². The van der Waals surface area contributed by atoms with E-state index < -0.39 is 5.97 Å². The number of pyridine rings is 1. The third-order valence-electron chi connectivity index (χ3n) is 4.44. The van der Waals surface area contributed by atoms with Crippen LogP contribution in [0.15, 0.2) is 10.6 Å². The summed E-state index contributed by atoms with van der Waals surface area (Å²) in [4.78, 5) is 30.2. The standard InChI is InChI=1S/C18H23N3O4/c1-4-5-13-16-12(18(24)21(10(2)3)9-15(22)23)8-14(11-6-7-11)19-17(16)25-20-13/h8,10-11H,4-7,9H2,1-3H3,(H,22,23). The first-order valence-electron chi connectivity index (χ1n) is 8.74. The van der Waals surface area contributed by atoms with E-state index in [1.165, 1.54) is 4.90 Å². The predicted molar refractivity (Wildman–Crippen MR) is 91.6 cm³/mol. The van der Waals surface area contributed by atoms with E-state index >= 15 is 0 Å². The van der Waals surface area contributed by atoms with Gasteiger partial charge in [-0.2, -0.15) is 0 Å². The minimum atomic E-state index is -1.03. The number of fused-ring (bicyclic) bond motifs is 1. The summed E-state index contributed by atoms with van der Waals surface area (Å²) in [5.74, 6) is -0.997. The fourth-order valence-corrected chi connectivity index (χ4v) is 2.98. The molecule has 1 amide bonds. The first-order valence-corrected chi connectivity index (χ1v) is 8.74. The second kappa shape index (κ2) is 6.82. The highest BCUT2D eigenvalue weighted by Gasteiger charge is 2.31. The van der Waals surface area contributed by atoms with Gasteiger partial charge in [0.15, 0.2) is 0 Å². The van der Waals surface area contributed by atoms with Gasteiger partial charge in [-0.05, 0) is 39.2 Å².